The Labute approximate surface area is 61.2 Å². The summed E-state index contributed by atoms with van der Waals surface area (Å²) in [7, 11) is 0. The van der Waals surface area contributed by atoms with Crippen LogP contribution in [0.2, 0.25) is 0 Å². The molecule has 0 bridgehead atoms. The minimum atomic E-state index is -0.935. The lowest BCUT2D eigenvalue weighted by Gasteiger charge is -2.34. The van der Waals surface area contributed by atoms with Crippen LogP contribution in [0.25, 0.3) is 0 Å². The summed E-state index contributed by atoms with van der Waals surface area (Å²) in [5.74, 6) is 0. The Hall–Kier alpha value is -0.340. The lowest BCUT2D eigenvalue weighted by molar-refractivity contribution is -0.0613. The van der Waals surface area contributed by atoms with Crippen LogP contribution in [0.1, 0.15) is 26.2 Å². The molecule has 10 heavy (non-hydrogen) atoms. The standard InChI is InChI=1S/C8H14O2/c1-6-4-3-5-8(2,10)7(6)9/h7,9-10H,1,3-5H2,2H3. The summed E-state index contributed by atoms with van der Waals surface area (Å²) in [5.41, 5.74) is -0.175. The van der Waals surface area contributed by atoms with Crippen molar-refractivity contribution in [1.29, 1.82) is 0 Å². The Kier molecular flexibility index (Phi) is 1.84. The molecular weight excluding hydrogens is 128 g/mol. The van der Waals surface area contributed by atoms with Crippen LogP contribution in [0.15, 0.2) is 12.2 Å². The minimum Gasteiger partial charge on any atom is -0.387 e. The number of hydrogen-bond acceptors (Lipinski definition) is 2. The van der Waals surface area contributed by atoms with Crippen molar-refractivity contribution in [2.24, 2.45) is 0 Å². The SMILES string of the molecule is C=C1CCCC(C)(O)C1O. The second-order valence-corrected chi connectivity index (χ2v) is 3.27. The topological polar surface area (TPSA) is 40.5 Å². The third-order valence-electron chi connectivity index (χ3n) is 2.16. The Morgan fingerprint density at radius 3 is 2.70 bits per heavy atom. The maximum atomic E-state index is 9.50. The van der Waals surface area contributed by atoms with Gasteiger partial charge in [0.25, 0.3) is 0 Å². The average molecular weight is 142 g/mol. The van der Waals surface area contributed by atoms with E-state index >= 15 is 0 Å². The first-order valence-corrected chi connectivity index (χ1v) is 3.62. The molecule has 1 aliphatic carbocycles. The number of aliphatic hydroxyl groups is 2. The average Bonchev–Trinajstić information content (AvgIpc) is 1.83. The van der Waals surface area contributed by atoms with E-state index in [0.717, 1.165) is 18.4 Å². The van der Waals surface area contributed by atoms with Gasteiger partial charge in [0.05, 0.1) is 5.60 Å². The molecule has 2 unspecified atom stereocenters. The van der Waals surface area contributed by atoms with Crippen LogP contribution in [0.4, 0.5) is 0 Å². The molecule has 0 radical (unpaired) electrons. The molecule has 58 valence electrons. The van der Waals surface area contributed by atoms with Crippen LogP contribution in [0.5, 0.6) is 0 Å². The summed E-state index contributed by atoms with van der Waals surface area (Å²) in [6.45, 7) is 5.34. The van der Waals surface area contributed by atoms with Gasteiger partial charge in [0.2, 0.25) is 0 Å². The van der Waals surface area contributed by atoms with Crippen molar-refractivity contribution in [2.75, 3.05) is 0 Å². The second-order valence-electron chi connectivity index (χ2n) is 3.27. The van der Waals surface area contributed by atoms with E-state index < -0.39 is 11.7 Å². The van der Waals surface area contributed by atoms with E-state index in [1.54, 1.807) is 6.92 Å². The van der Waals surface area contributed by atoms with Crippen LogP contribution in [0, 0.1) is 0 Å². The van der Waals surface area contributed by atoms with Gasteiger partial charge in [-0.05, 0) is 31.8 Å². The maximum absolute atomic E-state index is 9.50. The molecular formula is C8H14O2. The first kappa shape index (κ1) is 7.76. The van der Waals surface area contributed by atoms with Crippen molar-refractivity contribution in [1.82, 2.24) is 0 Å². The molecule has 2 N–H and O–H groups in total. The molecule has 0 amide bonds. The van der Waals surface area contributed by atoms with Gasteiger partial charge in [0.1, 0.15) is 6.10 Å². The summed E-state index contributed by atoms with van der Waals surface area (Å²) in [5, 5.41) is 18.9. The second kappa shape index (κ2) is 2.36. The molecule has 1 rings (SSSR count). The number of aliphatic hydroxyl groups excluding tert-OH is 1. The summed E-state index contributed by atoms with van der Waals surface area (Å²) >= 11 is 0. The fourth-order valence-corrected chi connectivity index (χ4v) is 1.39. The summed E-state index contributed by atoms with van der Waals surface area (Å²) < 4.78 is 0. The number of rotatable bonds is 0. The van der Waals surface area contributed by atoms with E-state index in [1.807, 2.05) is 0 Å². The highest BCUT2D eigenvalue weighted by molar-refractivity contribution is 5.12. The predicted octanol–water partition coefficient (Wildman–Crippen LogP) is 0.838. The van der Waals surface area contributed by atoms with Gasteiger partial charge < -0.3 is 10.2 Å². The Morgan fingerprint density at radius 2 is 2.30 bits per heavy atom. The molecule has 1 saturated carbocycles. The third kappa shape index (κ3) is 1.22. The van der Waals surface area contributed by atoms with Crippen molar-refractivity contribution in [3.63, 3.8) is 0 Å². The van der Waals surface area contributed by atoms with Crippen LogP contribution in [-0.2, 0) is 0 Å². The largest absolute Gasteiger partial charge is 0.387 e. The Balaban J connectivity index is 2.69. The van der Waals surface area contributed by atoms with E-state index in [9.17, 15) is 10.2 Å². The first-order chi connectivity index (χ1) is 4.54. The van der Waals surface area contributed by atoms with E-state index in [4.69, 9.17) is 0 Å². The molecule has 2 heteroatoms. The molecule has 0 aliphatic heterocycles. The third-order valence-corrected chi connectivity index (χ3v) is 2.16. The summed E-state index contributed by atoms with van der Waals surface area (Å²) in [6, 6.07) is 0. The highest BCUT2D eigenvalue weighted by Crippen LogP contribution is 2.30. The van der Waals surface area contributed by atoms with Gasteiger partial charge in [0, 0.05) is 0 Å². The van der Waals surface area contributed by atoms with Crippen LogP contribution < -0.4 is 0 Å². The molecule has 1 aliphatic rings. The predicted molar refractivity (Wildman–Crippen MR) is 39.6 cm³/mol. The molecule has 0 aromatic heterocycles. The zero-order valence-corrected chi connectivity index (χ0v) is 6.30. The van der Waals surface area contributed by atoms with Gasteiger partial charge in [-0.15, -0.1) is 0 Å². The van der Waals surface area contributed by atoms with E-state index in [-0.39, 0.29) is 0 Å². The van der Waals surface area contributed by atoms with Gasteiger partial charge in [-0.2, -0.15) is 0 Å². The van der Waals surface area contributed by atoms with Crippen molar-refractivity contribution in [3.8, 4) is 0 Å². The number of hydrogen-bond donors (Lipinski definition) is 2. The van der Waals surface area contributed by atoms with E-state index in [2.05, 4.69) is 6.58 Å². The van der Waals surface area contributed by atoms with Gasteiger partial charge in [-0.25, -0.2) is 0 Å². The molecule has 2 atom stereocenters. The van der Waals surface area contributed by atoms with E-state index in [0.29, 0.717) is 6.42 Å². The molecule has 0 spiro atoms. The van der Waals surface area contributed by atoms with Crippen molar-refractivity contribution < 1.29 is 10.2 Å². The van der Waals surface area contributed by atoms with Crippen LogP contribution in [0.3, 0.4) is 0 Å². The minimum absolute atomic E-state index is 0.674. The Bertz CT molecular complexity index is 149. The molecule has 1 fully saturated rings. The van der Waals surface area contributed by atoms with Gasteiger partial charge >= 0.3 is 0 Å². The zero-order valence-electron chi connectivity index (χ0n) is 6.30. The summed E-state index contributed by atoms with van der Waals surface area (Å²) in [4.78, 5) is 0. The molecule has 0 heterocycles. The first-order valence-electron chi connectivity index (χ1n) is 3.62. The lowest BCUT2D eigenvalue weighted by atomic mass is 9.81. The summed E-state index contributed by atoms with van der Waals surface area (Å²) in [6.07, 6.45) is 1.73. The van der Waals surface area contributed by atoms with Crippen molar-refractivity contribution in [2.45, 2.75) is 37.9 Å². The van der Waals surface area contributed by atoms with Crippen LogP contribution >= 0.6 is 0 Å². The van der Waals surface area contributed by atoms with Gasteiger partial charge in [-0.3, -0.25) is 0 Å². The highest BCUT2D eigenvalue weighted by atomic mass is 16.3. The highest BCUT2D eigenvalue weighted by Gasteiger charge is 2.34. The van der Waals surface area contributed by atoms with Crippen LogP contribution in [-0.4, -0.2) is 21.9 Å². The molecule has 0 aromatic carbocycles. The lowest BCUT2D eigenvalue weighted by Crippen LogP contribution is -2.42. The zero-order chi connectivity index (χ0) is 7.78. The Morgan fingerprint density at radius 1 is 1.70 bits per heavy atom. The molecule has 0 saturated heterocycles. The van der Waals surface area contributed by atoms with Crippen molar-refractivity contribution >= 4 is 0 Å². The maximum Gasteiger partial charge on any atom is 0.103 e. The molecule has 2 nitrogen and oxygen atoms in total. The smallest absolute Gasteiger partial charge is 0.103 e. The van der Waals surface area contributed by atoms with Gasteiger partial charge in [-0.1, -0.05) is 6.58 Å². The van der Waals surface area contributed by atoms with Gasteiger partial charge in [0.15, 0.2) is 0 Å². The van der Waals surface area contributed by atoms with E-state index in [1.165, 1.54) is 0 Å². The fraction of sp³-hybridized carbons (Fsp3) is 0.750. The monoisotopic (exact) mass is 142 g/mol. The molecule has 0 aromatic rings. The fourth-order valence-electron chi connectivity index (χ4n) is 1.39. The normalized spacial score (nSPS) is 41.9. The quantitative estimate of drug-likeness (QED) is 0.492. The van der Waals surface area contributed by atoms with Crippen molar-refractivity contribution in [3.05, 3.63) is 12.2 Å².